The van der Waals surface area contributed by atoms with Gasteiger partial charge in [-0.25, -0.2) is 4.79 Å². The van der Waals surface area contributed by atoms with Gasteiger partial charge in [0.2, 0.25) is 0 Å². The molecule has 30 heavy (non-hydrogen) atoms. The minimum atomic E-state index is -1.33. The van der Waals surface area contributed by atoms with Crippen molar-refractivity contribution in [3.63, 3.8) is 0 Å². The molecule has 0 fully saturated rings. The summed E-state index contributed by atoms with van der Waals surface area (Å²) in [6, 6.07) is 10.9. The standard InChI is InChI=1S/C20H19N3O5S.Na/c1-23-8-7-15(24)18(19(23)27)22-20(28)21-14(10-17(25)26)16-9-13(11-29-16)12-5-3-2-4-6-12;/h2-9,11,14,24H,10H2,1H3,(H,25,26)(H2,21,22,28);/q;+1/p-1/t14-;/m0./s1. The van der Waals surface area contributed by atoms with E-state index in [1.807, 2.05) is 35.7 Å². The molecule has 2 aromatic heterocycles. The second kappa shape index (κ2) is 10.4. The molecule has 0 aliphatic heterocycles. The van der Waals surface area contributed by atoms with Crippen LogP contribution in [0.3, 0.4) is 0 Å². The van der Waals surface area contributed by atoms with Crippen LogP contribution in [0.2, 0.25) is 0 Å². The van der Waals surface area contributed by atoms with Crippen LogP contribution in [0.5, 0.6) is 5.75 Å². The molecular formula is C20H18N3NaO5S. The molecule has 0 bridgehead atoms. The Bertz CT molecular complexity index is 1100. The molecule has 150 valence electrons. The van der Waals surface area contributed by atoms with Gasteiger partial charge in [0.15, 0.2) is 5.69 Å². The van der Waals surface area contributed by atoms with E-state index < -0.39 is 30.0 Å². The number of thiophene rings is 1. The molecule has 0 radical (unpaired) electrons. The number of pyridine rings is 1. The quantitative estimate of drug-likeness (QED) is 0.421. The third-order valence-electron chi connectivity index (χ3n) is 4.23. The topological polar surface area (TPSA) is 123 Å². The maximum atomic E-state index is 12.4. The Balaban J connectivity index is 0.00000320. The number of carbonyl (C=O) groups excluding carboxylic acids is 2. The number of nitrogens with zero attached hydrogens (tertiary/aromatic N) is 1. The molecule has 3 aromatic rings. The van der Waals surface area contributed by atoms with Crippen LogP contribution in [0, 0.1) is 0 Å². The van der Waals surface area contributed by atoms with Crippen molar-refractivity contribution >= 4 is 29.0 Å². The van der Waals surface area contributed by atoms with Crippen LogP contribution in [0.15, 0.2) is 58.8 Å². The number of benzene rings is 1. The number of urea groups is 1. The van der Waals surface area contributed by atoms with Crippen molar-refractivity contribution in [1.82, 2.24) is 9.88 Å². The molecule has 0 saturated heterocycles. The van der Waals surface area contributed by atoms with Crippen LogP contribution in [0.1, 0.15) is 17.3 Å². The zero-order valence-electron chi connectivity index (χ0n) is 16.4. The molecule has 8 nitrogen and oxygen atoms in total. The van der Waals surface area contributed by atoms with Crippen LogP contribution in [-0.2, 0) is 11.8 Å². The van der Waals surface area contributed by atoms with Crippen LogP contribution in [0.4, 0.5) is 10.5 Å². The number of anilines is 1. The summed E-state index contributed by atoms with van der Waals surface area (Å²) in [6.45, 7) is 0. The Morgan fingerprint density at radius 3 is 2.57 bits per heavy atom. The zero-order valence-corrected chi connectivity index (χ0v) is 19.2. The fourth-order valence-electron chi connectivity index (χ4n) is 2.75. The smallest absolute Gasteiger partial charge is 0.550 e. The van der Waals surface area contributed by atoms with E-state index in [0.29, 0.717) is 4.88 Å². The predicted molar refractivity (Wildman–Crippen MR) is 108 cm³/mol. The molecule has 0 spiro atoms. The number of rotatable bonds is 6. The second-order valence-corrected chi connectivity index (χ2v) is 7.27. The number of aryl methyl sites for hydroxylation is 1. The second-order valence-electron chi connectivity index (χ2n) is 6.32. The third-order valence-corrected chi connectivity index (χ3v) is 5.28. The van der Waals surface area contributed by atoms with Crippen molar-refractivity contribution in [2.24, 2.45) is 7.05 Å². The zero-order chi connectivity index (χ0) is 21.0. The van der Waals surface area contributed by atoms with Crippen molar-refractivity contribution in [3.8, 4) is 16.9 Å². The number of carboxylic acids is 1. The van der Waals surface area contributed by atoms with Crippen LogP contribution < -0.4 is 50.9 Å². The van der Waals surface area contributed by atoms with E-state index >= 15 is 0 Å². The monoisotopic (exact) mass is 435 g/mol. The van der Waals surface area contributed by atoms with Gasteiger partial charge >= 0.3 is 35.6 Å². The Morgan fingerprint density at radius 2 is 1.90 bits per heavy atom. The Labute approximate surface area is 198 Å². The van der Waals surface area contributed by atoms with Gasteiger partial charge in [-0.3, -0.25) is 4.79 Å². The summed E-state index contributed by atoms with van der Waals surface area (Å²) in [6.07, 6.45) is 0.914. The number of aromatic hydroxyl groups is 1. The minimum Gasteiger partial charge on any atom is -0.550 e. The number of carboxylic acid groups (broad SMARTS) is 1. The number of aliphatic carboxylic acids is 1. The first kappa shape index (κ1) is 23.7. The van der Waals surface area contributed by atoms with Gasteiger partial charge in [0.05, 0.1) is 6.04 Å². The van der Waals surface area contributed by atoms with Gasteiger partial charge in [-0.05, 0) is 28.6 Å². The van der Waals surface area contributed by atoms with Gasteiger partial charge in [0.25, 0.3) is 5.56 Å². The maximum absolute atomic E-state index is 12.4. The number of carbonyl (C=O) groups is 2. The normalized spacial score (nSPS) is 11.2. The van der Waals surface area contributed by atoms with Crippen molar-refractivity contribution < 1.29 is 49.4 Å². The van der Waals surface area contributed by atoms with Crippen LogP contribution in [0.25, 0.3) is 11.1 Å². The number of aromatic nitrogens is 1. The Morgan fingerprint density at radius 1 is 1.20 bits per heavy atom. The van der Waals surface area contributed by atoms with Gasteiger partial charge in [-0.15, -0.1) is 11.3 Å². The molecule has 0 unspecified atom stereocenters. The van der Waals surface area contributed by atoms with Crippen molar-refractivity contribution in [3.05, 3.63) is 69.3 Å². The van der Waals surface area contributed by atoms with Gasteiger partial charge < -0.3 is 30.2 Å². The molecule has 0 aliphatic rings. The molecule has 2 heterocycles. The summed E-state index contributed by atoms with van der Waals surface area (Å²) in [4.78, 5) is 36.3. The van der Waals surface area contributed by atoms with E-state index in [1.54, 1.807) is 6.07 Å². The molecule has 1 atom stereocenters. The molecule has 1 aromatic carbocycles. The first-order chi connectivity index (χ1) is 13.8. The molecule has 0 aliphatic carbocycles. The van der Waals surface area contributed by atoms with Crippen molar-refractivity contribution in [2.75, 3.05) is 5.32 Å². The third kappa shape index (κ3) is 5.73. The predicted octanol–water partition coefficient (Wildman–Crippen LogP) is -1.17. The molecular weight excluding hydrogens is 417 g/mol. The number of hydrogen-bond donors (Lipinski definition) is 3. The average molecular weight is 435 g/mol. The van der Waals surface area contributed by atoms with Gasteiger partial charge in [-0.1, -0.05) is 30.3 Å². The van der Waals surface area contributed by atoms with E-state index in [-0.39, 0.29) is 41.0 Å². The van der Waals surface area contributed by atoms with E-state index in [4.69, 9.17) is 0 Å². The number of nitrogens with one attached hydrogen (secondary N) is 2. The number of hydrogen-bond acceptors (Lipinski definition) is 6. The van der Waals surface area contributed by atoms with E-state index in [1.165, 1.54) is 35.2 Å². The first-order valence-electron chi connectivity index (χ1n) is 8.65. The fourth-order valence-corrected chi connectivity index (χ4v) is 3.72. The molecule has 3 N–H and O–H groups in total. The summed E-state index contributed by atoms with van der Waals surface area (Å²) in [5.41, 5.74) is 0.963. The Kier molecular flexibility index (Phi) is 8.24. The molecule has 0 saturated carbocycles. The summed E-state index contributed by atoms with van der Waals surface area (Å²) in [5.74, 6) is -1.72. The van der Waals surface area contributed by atoms with Gasteiger partial charge in [-0.2, -0.15) is 0 Å². The summed E-state index contributed by atoms with van der Waals surface area (Å²) in [5, 5.41) is 27.7. The average Bonchev–Trinajstić information content (AvgIpc) is 3.18. The van der Waals surface area contributed by atoms with E-state index in [2.05, 4.69) is 10.6 Å². The van der Waals surface area contributed by atoms with Crippen molar-refractivity contribution in [1.29, 1.82) is 0 Å². The Hall–Kier alpha value is -2.59. The van der Waals surface area contributed by atoms with Gasteiger partial charge in [0.1, 0.15) is 5.75 Å². The summed E-state index contributed by atoms with van der Waals surface area (Å²) >= 11 is 1.30. The largest absolute Gasteiger partial charge is 1.00 e. The number of amides is 2. The van der Waals surface area contributed by atoms with E-state index in [0.717, 1.165) is 11.1 Å². The SMILES string of the molecule is Cn1ccc(O)c(NC(=O)N[C@@H](CC(=O)[O-])c2cc(-c3ccccc3)cs2)c1=O.[Na+]. The molecule has 3 rings (SSSR count). The van der Waals surface area contributed by atoms with Crippen LogP contribution in [-0.4, -0.2) is 21.7 Å². The van der Waals surface area contributed by atoms with Crippen LogP contribution >= 0.6 is 11.3 Å². The summed E-state index contributed by atoms with van der Waals surface area (Å²) in [7, 11) is 1.47. The van der Waals surface area contributed by atoms with E-state index in [9.17, 15) is 24.6 Å². The maximum Gasteiger partial charge on any atom is 1.00 e. The minimum absolute atomic E-state index is 0. The van der Waals surface area contributed by atoms with Crippen molar-refractivity contribution in [2.45, 2.75) is 12.5 Å². The summed E-state index contributed by atoms with van der Waals surface area (Å²) < 4.78 is 1.19. The molecule has 2 amide bonds. The molecule has 10 heteroatoms. The first-order valence-corrected chi connectivity index (χ1v) is 9.53. The fraction of sp³-hybridized carbons (Fsp3) is 0.150. The van der Waals surface area contributed by atoms with Gasteiger partial charge in [0, 0.05) is 30.5 Å².